The summed E-state index contributed by atoms with van der Waals surface area (Å²) in [6.45, 7) is 0. The fraction of sp³-hybridized carbons (Fsp3) is 0.222. The molecule has 0 aromatic carbocycles. The van der Waals surface area contributed by atoms with Crippen LogP contribution in [0.5, 0.6) is 0 Å². The lowest BCUT2D eigenvalue weighted by atomic mass is 10.1. The maximum absolute atomic E-state index is 11.1. The number of hydrogen-bond acceptors (Lipinski definition) is 4. The summed E-state index contributed by atoms with van der Waals surface area (Å²) < 4.78 is 4.39. The number of carboxylic acid groups (broad SMARTS) is 1. The number of ether oxygens (including phenoxy) is 1. The van der Waals surface area contributed by atoms with Crippen LogP contribution in [0.15, 0.2) is 16.9 Å². The lowest BCUT2D eigenvalue weighted by molar-refractivity contribution is -0.136. The predicted octanol–water partition coefficient (Wildman–Crippen LogP) is -0.211. The average Bonchev–Trinajstić information content (AvgIpc) is 2.14. The fourth-order valence-corrected chi connectivity index (χ4v) is 1.10. The van der Waals surface area contributed by atoms with Gasteiger partial charge in [-0.2, -0.15) is 0 Å². The second-order valence-corrected chi connectivity index (χ2v) is 2.83. The van der Waals surface area contributed by atoms with Crippen LogP contribution in [-0.4, -0.2) is 29.1 Å². The van der Waals surface area contributed by atoms with Crippen molar-refractivity contribution in [2.75, 3.05) is 7.11 Å². The maximum atomic E-state index is 11.1. The number of nitrogens with one attached hydrogen (secondary N) is 1. The first-order valence-electron chi connectivity index (χ1n) is 4.06. The van der Waals surface area contributed by atoms with Gasteiger partial charge >= 0.3 is 11.9 Å². The number of methoxy groups -OCH3 is 1. The number of aromatic nitrogens is 1. The van der Waals surface area contributed by atoms with Gasteiger partial charge in [0.05, 0.1) is 13.5 Å². The van der Waals surface area contributed by atoms with E-state index in [9.17, 15) is 14.4 Å². The van der Waals surface area contributed by atoms with Crippen molar-refractivity contribution in [1.29, 1.82) is 0 Å². The van der Waals surface area contributed by atoms with E-state index in [0.29, 0.717) is 0 Å². The first-order chi connectivity index (χ1) is 7.02. The Balaban J connectivity index is 3.10. The van der Waals surface area contributed by atoms with Crippen molar-refractivity contribution >= 4 is 11.9 Å². The number of H-pyrrole nitrogens is 1. The SMILES string of the molecule is COC(=O)c1cc(CC(=O)O)cc(=O)[nH]1. The molecule has 0 radical (unpaired) electrons. The molecule has 0 aliphatic heterocycles. The van der Waals surface area contributed by atoms with Gasteiger partial charge in [-0.25, -0.2) is 4.79 Å². The number of aromatic amines is 1. The van der Waals surface area contributed by atoms with E-state index in [4.69, 9.17) is 5.11 Å². The number of carbonyl (C=O) groups excluding carboxylic acids is 1. The summed E-state index contributed by atoms with van der Waals surface area (Å²) >= 11 is 0. The Morgan fingerprint density at radius 3 is 2.67 bits per heavy atom. The van der Waals surface area contributed by atoms with Crippen LogP contribution >= 0.6 is 0 Å². The molecule has 6 heteroatoms. The van der Waals surface area contributed by atoms with Crippen LogP contribution in [0, 0.1) is 0 Å². The number of rotatable bonds is 3. The van der Waals surface area contributed by atoms with Gasteiger partial charge in [0.2, 0.25) is 5.56 Å². The summed E-state index contributed by atoms with van der Waals surface area (Å²) in [5.74, 6) is -1.78. The van der Waals surface area contributed by atoms with E-state index < -0.39 is 17.5 Å². The fourth-order valence-electron chi connectivity index (χ4n) is 1.10. The van der Waals surface area contributed by atoms with Crippen LogP contribution in [-0.2, 0) is 16.0 Å². The molecule has 6 nitrogen and oxygen atoms in total. The zero-order valence-corrected chi connectivity index (χ0v) is 7.94. The lowest BCUT2D eigenvalue weighted by Crippen LogP contribution is -2.15. The monoisotopic (exact) mass is 211 g/mol. The number of esters is 1. The number of aliphatic carboxylic acids is 1. The normalized spacial score (nSPS) is 9.67. The molecule has 0 unspecified atom stereocenters. The molecule has 0 bridgehead atoms. The maximum Gasteiger partial charge on any atom is 0.354 e. The Morgan fingerprint density at radius 2 is 2.13 bits per heavy atom. The van der Waals surface area contributed by atoms with E-state index in [-0.39, 0.29) is 17.7 Å². The molecule has 0 aliphatic rings. The average molecular weight is 211 g/mol. The third-order valence-electron chi connectivity index (χ3n) is 1.66. The van der Waals surface area contributed by atoms with Gasteiger partial charge in [-0.05, 0) is 11.6 Å². The largest absolute Gasteiger partial charge is 0.481 e. The molecule has 15 heavy (non-hydrogen) atoms. The molecule has 0 atom stereocenters. The van der Waals surface area contributed by atoms with Crippen LogP contribution in [0.25, 0.3) is 0 Å². The number of carboxylic acids is 1. The molecule has 1 heterocycles. The van der Waals surface area contributed by atoms with Gasteiger partial charge in [-0.3, -0.25) is 9.59 Å². The van der Waals surface area contributed by atoms with Crippen LogP contribution in [0.2, 0.25) is 0 Å². The van der Waals surface area contributed by atoms with Gasteiger partial charge in [0, 0.05) is 6.07 Å². The second-order valence-electron chi connectivity index (χ2n) is 2.83. The lowest BCUT2D eigenvalue weighted by Gasteiger charge is -2.01. The summed E-state index contributed by atoms with van der Waals surface area (Å²) in [5, 5.41) is 8.52. The molecule has 0 spiro atoms. The molecule has 0 saturated carbocycles. The van der Waals surface area contributed by atoms with Crippen molar-refractivity contribution in [3.63, 3.8) is 0 Å². The molecule has 80 valence electrons. The third-order valence-corrected chi connectivity index (χ3v) is 1.66. The van der Waals surface area contributed by atoms with Gasteiger partial charge < -0.3 is 14.8 Å². The van der Waals surface area contributed by atoms with E-state index in [0.717, 1.165) is 6.07 Å². The van der Waals surface area contributed by atoms with Crippen molar-refractivity contribution in [2.45, 2.75) is 6.42 Å². The molecule has 2 N–H and O–H groups in total. The van der Waals surface area contributed by atoms with Crippen molar-refractivity contribution < 1.29 is 19.4 Å². The molecule has 1 aromatic rings. The first-order valence-corrected chi connectivity index (χ1v) is 4.06. The van der Waals surface area contributed by atoms with Gasteiger partial charge in [0.25, 0.3) is 0 Å². The predicted molar refractivity (Wildman–Crippen MR) is 49.7 cm³/mol. The Hall–Kier alpha value is -2.11. The van der Waals surface area contributed by atoms with Crippen molar-refractivity contribution in [1.82, 2.24) is 4.98 Å². The van der Waals surface area contributed by atoms with E-state index in [2.05, 4.69) is 9.72 Å². The highest BCUT2D eigenvalue weighted by Gasteiger charge is 2.09. The highest BCUT2D eigenvalue weighted by molar-refractivity contribution is 5.87. The third kappa shape index (κ3) is 2.94. The van der Waals surface area contributed by atoms with E-state index in [1.807, 2.05) is 0 Å². The molecule has 0 fully saturated rings. The molecular formula is C9H9NO5. The minimum absolute atomic E-state index is 0.0544. The number of pyridine rings is 1. The summed E-state index contributed by atoms with van der Waals surface area (Å²) in [6.07, 6.45) is -0.312. The topological polar surface area (TPSA) is 96.5 Å². The van der Waals surface area contributed by atoms with Crippen molar-refractivity contribution in [2.24, 2.45) is 0 Å². The van der Waals surface area contributed by atoms with Gasteiger partial charge in [-0.1, -0.05) is 0 Å². The second kappa shape index (κ2) is 4.41. The minimum Gasteiger partial charge on any atom is -0.481 e. The van der Waals surface area contributed by atoms with Crippen molar-refractivity contribution in [3.8, 4) is 0 Å². The Bertz CT molecular complexity index is 448. The van der Waals surface area contributed by atoms with Crippen LogP contribution < -0.4 is 5.56 Å². The Morgan fingerprint density at radius 1 is 1.47 bits per heavy atom. The quantitative estimate of drug-likeness (QED) is 0.674. The highest BCUT2D eigenvalue weighted by Crippen LogP contribution is 2.01. The van der Waals surface area contributed by atoms with Gasteiger partial charge in [0.15, 0.2) is 0 Å². The summed E-state index contributed by atoms with van der Waals surface area (Å²) in [5.41, 5.74) is -0.331. The standard InChI is InChI=1S/C9H9NO5/c1-15-9(14)6-2-5(4-8(12)13)3-7(11)10-6/h2-3H,4H2,1H3,(H,10,11)(H,12,13). The number of carbonyl (C=O) groups is 2. The molecule has 0 saturated heterocycles. The number of hydrogen-bond donors (Lipinski definition) is 2. The van der Waals surface area contributed by atoms with Gasteiger partial charge in [-0.15, -0.1) is 0 Å². The van der Waals surface area contributed by atoms with Crippen LogP contribution in [0.4, 0.5) is 0 Å². The summed E-state index contributed by atoms with van der Waals surface area (Å²) in [7, 11) is 1.17. The summed E-state index contributed by atoms with van der Waals surface area (Å²) in [6, 6.07) is 2.40. The molecule has 0 aliphatic carbocycles. The van der Waals surface area contributed by atoms with Crippen LogP contribution in [0.3, 0.4) is 0 Å². The van der Waals surface area contributed by atoms with E-state index >= 15 is 0 Å². The first kappa shape index (κ1) is 11.0. The molecule has 0 amide bonds. The van der Waals surface area contributed by atoms with E-state index in [1.165, 1.54) is 13.2 Å². The zero-order chi connectivity index (χ0) is 11.4. The summed E-state index contributed by atoms with van der Waals surface area (Å²) in [4.78, 5) is 34.8. The molecular weight excluding hydrogens is 202 g/mol. The molecule has 1 aromatic heterocycles. The Labute approximate surface area is 84.5 Å². The van der Waals surface area contributed by atoms with Crippen molar-refractivity contribution in [3.05, 3.63) is 33.7 Å². The van der Waals surface area contributed by atoms with E-state index in [1.54, 1.807) is 0 Å². The highest BCUT2D eigenvalue weighted by atomic mass is 16.5. The van der Waals surface area contributed by atoms with Gasteiger partial charge in [0.1, 0.15) is 5.69 Å². The zero-order valence-electron chi connectivity index (χ0n) is 7.94. The minimum atomic E-state index is -1.07. The Kier molecular flexibility index (Phi) is 3.22. The smallest absolute Gasteiger partial charge is 0.354 e. The molecule has 1 rings (SSSR count). The van der Waals surface area contributed by atoms with Crippen LogP contribution in [0.1, 0.15) is 16.1 Å².